The normalized spacial score (nSPS) is 11.4. The van der Waals surface area contributed by atoms with Crippen molar-refractivity contribution in [3.63, 3.8) is 0 Å². The van der Waals surface area contributed by atoms with Crippen molar-refractivity contribution in [2.45, 2.75) is 39.6 Å². The van der Waals surface area contributed by atoms with E-state index >= 15 is 0 Å². The van der Waals surface area contributed by atoms with Crippen LogP contribution >= 0.6 is 0 Å². The molecule has 0 fully saturated rings. The molecule has 0 aromatic carbocycles. The van der Waals surface area contributed by atoms with E-state index in [1.807, 2.05) is 12.3 Å². The molecule has 104 valence electrons. The minimum atomic E-state index is 0.436. The third kappa shape index (κ3) is 3.90. The van der Waals surface area contributed by atoms with E-state index in [0.717, 1.165) is 23.8 Å². The predicted molar refractivity (Wildman–Crippen MR) is 70.5 cm³/mol. The van der Waals surface area contributed by atoms with Crippen molar-refractivity contribution in [3.8, 4) is 0 Å². The molecule has 0 amide bonds. The second kappa shape index (κ2) is 6.49. The van der Waals surface area contributed by atoms with Gasteiger partial charge in [-0.25, -0.2) is 4.98 Å². The number of nitrogens with zero attached hydrogens (tertiary/aromatic N) is 3. The smallest absolute Gasteiger partial charge is 0.162 e. The van der Waals surface area contributed by atoms with Crippen LogP contribution < -0.4 is 5.32 Å². The maximum atomic E-state index is 5.17. The van der Waals surface area contributed by atoms with Crippen LogP contribution in [0.1, 0.15) is 31.1 Å². The molecule has 1 N–H and O–H groups in total. The molecule has 2 rings (SSSR count). The van der Waals surface area contributed by atoms with E-state index in [4.69, 9.17) is 9.26 Å². The Morgan fingerprint density at radius 1 is 1.47 bits per heavy atom. The molecule has 19 heavy (non-hydrogen) atoms. The average molecular weight is 264 g/mol. The molecule has 2 aromatic heterocycles. The Morgan fingerprint density at radius 2 is 2.32 bits per heavy atom. The first-order chi connectivity index (χ1) is 9.19. The highest BCUT2D eigenvalue weighted by Gasteiger charge is 2.08. The van der Waals surface area contributed by atoms with Crippen LogP contribution in [0.3, 0.4) is 0 Å². The second-order valence-corrected chi connectivity index (χ2v) is 4.72. The molecule has 0 aliphatic rings. The molecule has 6 nitrogen and oxygen atoms in total. The van der Waals surface area contributed by atoms with Crippen molar-refractivity contribution < 1.29 is 9.26 Å². The summed E-state index contributed by atoms with van der Waals surface area (Å²) in [6, 6.07) is 2.34. The molecule has 0 unspecified atom stereocenters. The van der Waals surface area contributed by atoms with Gasteiger partial charge < -0.3 is 19.1 Å². The standard InChI is InChI=1S/C13H20N4O2/c1-10(2)15-7-13-14-4-5-17(13)8-11-6-12(9-18-3)19-16-11/h4-6,10,15H,7-9H2,1-3H3. The summed E-state index contributed by atoms with van der Waals surface area (Å²) in [7, 11) is 1.63. The van der Waals surface area contributed by atoms with E-state index in [1.54, 1.807) is 13.3 Å². The zero-order valence-electron chi connectivity index (χ0n) is 11.6. The van der Waals surface area contributed by atoms with Crippen LogP contribution in [0.2, 0.25) is 0 Å². The first-order valence-electron chi connectivity index (χ1n) is 6.36. The SMILES string of the molecule is COCc1cc(Cn2ccnc2CNC(C)C)no1. The first kappa shape index (κ1) is 13.8. The maximum Gasteiger partial charge on any atom is 0.162 e. The van der Waals surface area contributed by atoms with Gasteiger partial charge >= 0.3 is 0 Å². The number of aromatic nitrogens is 3. The maximum absolute atomic E-state index is 5.17. The number of ether oxygens (including phenoxy) is 1. The molecule has 0 radical (unpaired) electrons. The van der Waals surface area contributed by atoms with Gasteiger partial charge in [0.1, 0.15) is 18.1 Å². The molecule has 2 aromatic rings. The summed E-state index contributed by atoms with van der Waals surface area (Å²) in [5.74, 6) is 1.73. The quantitative estimate of drug-likeness (QED) is 0.822. The van der Waals surface area contributed by atoms with Gasteiger partial charge in [0.15, 0.2) is 5.76 Å². The molecule has 0 aliphatic heterocycles. The van der Waals surface area contributed by atoms with Crippen molar-refractivity contribution in [2.24, 2.45) is 0 Å². The van der Waals surface area contributed by atoms with Gasteiger partial charge in [0, 0.05) is 31.6 Å². The largest absolute Gasteiger partial charge is 0.377 e. The Balaban J connectivity index is 1.99. The van der Waals surface area contributed by atoms with Crippen LogP contribution in [0.15, 0.2) is 23.0 Å². The third-order valence-corrected chi connectivity index (χ3v) is 2.70. The monoisotopic (exact) mass is 264 g/mol. The Kier molecular flexibility index (Phi) is 4.70. The second-order valence-electron chi connectivity index (χ2n) is 4.72. The fourth-order valence-electron chi connectivity index (χ4n) is 1.76. The van der Waals surface area contributed by atoms with Crippen molar-refractivity contribution in [1.82, 2.24) is 20.0 Å². The number of methoxy groups -OCH3 is 1. The summed E-state index contributed by atoms with van der Waals surface area (Å²) in [5, 5.41) is 7.37. The molecule has 6 heteroatoms. The van der Waals surface area contributed by atoms with Gasteiger partial charge in [-0.1, -0.05) is 19.0 Å². The Hall–Kier alpha value is -1.66. The first-order valence-corrected chi connectivity index (χ1v) is 6.36. The fraction of sp³-hybridized carbons (Fsp3) is 0.538. The summed E-state index contributed by atoms with van der Waals surface area (Å²) in [6.07, 6.45) is 3.75. The highest BCUT2D eigenvalue weighted by molar-refractivity contribution is 5.07. The Labute approximate surface area is 112 Å². The highest BCUT2D eigenvalue weighted by atomic mass is 16.5. The van der Waals surface area contributed by atoms with Crippen LogP contribution in [0.25, 0.3) is 0 Å². The van der Waals surface area contributed by atoms with E-state index in [0.29, 0.717) is 19.2 Å². The summed E-state index contributed by atoms with van der Waals surface area (Å²) >= 11 is 0. The number of rotatable bonds is 7. The van der Waals surface area contributed by atoms with E-state index < -0.39 is 0 Å². The molecule has 2 heterocycles. The van der Waals surface area contributed by atoms with E-state index in [9.17, 15) is 0 Å². The van der Waals surface area contributed by atoms with Gasteiger partial charge in [0.25, 0.3) is 0 Å². The van der Waals surface area contributed by atoms with Gasteiger partial charge in [-0.2, -0.15) is 0 Å². The molecular weight excluding hydrogens is 244 g/mol. The zero-order chi connectivity index (χ0) is 13.7. The minimum absolute atomic E-state index is 0.436. The molecule has 0 saturated carbocycles. The summed E-state index contributed by atoms with van der Waals surface area (Å²) in [5.41, 5.74) is 0.871. The van der Waals surface area contributed by atoms with Crippen LogP contribution in [0.5, 0.6) is 0 Å². The lowest BCUT2D eigenvalue weighted by atomic mass is 10.3. The topological polar surface area (TPSA) is 65.1 Å². The van der Waals surface area contributed by atoms with Crippen LogP contribution in [-0.4, -0.2) is 27.9 Å². The molecule has 0 spiro atoms. The zero-order valence-corrected chi connectivity index (χ0v) is 11.6. The number of imidazole rings is 1. The lowest BCUT2D eigenvalue weighted by Gasteiger charge is -2.09. The molecule has 0 aliphatic carbocycles. The predicted octanol–water partition coefficient (Wildman–Crippen LogP) is 1.56. The molecule has 0 atom stereocenters. The number of nitrogens with one attached hydrogen (secondary N) is 1. The average Bonchev–Trinajstić information content (AvgIpc) is 2.97. The highest BCUT2D eigenvalue weighted by Crippen LogP contribution is 2.08. The molecule has 0 bridgehead atoms. The number of hydrogen-bond donors (Lipinski definition) is 1. The fourth-order valence-corrected chi connectivity index (χ4v) is 1.76. The van der Waals surface area contributed by atoms with Gasteiger partial charge in [0.05, 0.1) is 13.1 Å². The molecular formula is C13H20N4O2. The Bertz CT molecular complexity index is 504. The van der Waals surface area contributed by atoms with Crippen LogP contribution in [0, 0.1) is 0 Å². The van der Waals surface area contributed by atoms with Crippen molar-refractivity contribution in [2.75, 3.05) is 7.11 Å². The summed E-state index contributed by atoms with van der Waals surface area (Å²) < 4.78 is 12.2. The van der Waals surface area contributed by atoms with Crippen molar-refractivity contribution in [1.29, 1.82) is 0 Å². The van der Waals surface area contributed by atoms with Crippen molar-refractivity contribution >= 4 is 0 Å². The lowest BCUT2D eigenvalue weighted by Crippen LogP contribution is -2.24. The van der Waals surface area contributed by atoms with E-state index in [-0.39, 0.29) is 0 Å². The van der Waals surface area contributed by atoms with Crippen molar-refractivity contribution in [3.05, 3.63) is 35.7 Å². The van der Waals surface area contributed by atoms with Gasteiger partial charge in [-0.05, 0) is 0 Å². The summed E-state index contributed by atoms with van der Waals surface area (Å²) in [6.45, 7) is 6.07. The van der Waals surface area contributed by atoms with Crippen LogP contribution in [0.4, 0.5) is 0 Å². The van der Waals surface area contributed by atoms with E-state index in [1.165, 1.54) is 0 Å². The van der Waals surface area contributed by atoms with Gasteiger partial charge in [0.2, 0.25) is 0 Å². The van der Waals surface area contributed by atoms with E-state index in [2.05, 4.69) is 33.9 Å². The lowest BCUT2D eigenvalue weighted by molar-refractivity contribution is 0.155. The molecule has 0 saturated heterocycles. The summed E-state index contributed by atoms with van der Waals surface area (Å²) in [4.78, 5) is 4.34. The van der Waals surface area contributed by atoms with Gasteiger partial charge in [-0.15, -0.1) is 0 Å². The minimum Gasteiger partial charge on any atom is -0.377 e. The van der Waals surface area contributed by atoms with Gasteiger partial charge in [-0.3, -0.25) is 0 Å². The Morgan fingerprint density at radius 3 is 3.05 bits per heavy atom. The van der Waals surface area contributed by atoms with Crippen LogP contribution in [-0.2, 0) is 24.4 Å². The third-order valence-electron chi connectivity index (χ3n) is 2.70. The number of hydrogen-bond acceptors (Lipinski definition) is 5.